The van der Waals surface area contributed by atoms with Gasteiger partial charge in [0.15, 0.2) is 6.10 Å². The summed E-state index contributed by atoms with van der Waals surface area (Å²) < 4.78 is 16.9. The van der Waals surface area contributed by atoms with E-state index in [1.54, 1.807) is 0 Å². The predicted molar refractivity (Wildman–Crippen MR) is 334 cm³/mol. The highest BCUT2D eigenvalue weighted by Crippen LogP contribution is 2.16. The molecular weight excluding hydrogens is 949 g/mol. The van der Waals surface area contributed by atoms with Crippen molar-refractivity contribution in [2.45, 2.75) is 297 Å². The van der Waals surface area contributed by atoms with Crippen LogP contribution in [-0.4, -0.2) is 37.2 Å². The number of hydrogen-bond acceptors (Lipinski definition) is 6. The predicted octanol–water partition coefficient (Wildman–Crippen LogP) is 22.0. The third-order valence-electron chi connectivity index (χ3n) is 13.5. The van der Waals surface area contributed by atoms with E-state index >= 15 is 0 Å². The van der Waals surface area contributed by atoms with Gasteiger partial charge >= 0.3 is 17.9 Å². The summed E-state index contributed by atoms with van der Waals surface area (Å²) in [6, 6.07) is 0. The molecule has 0 fully saturated rings. The largest absolute Gasteiger partial charge is 0.462 e. The van der Waals surface area contributed by atoms with Crippen LogP contribution in [0.15, 0.2) is 122 Å². The Balaban J connectivity index is 4.32. The van der Waals surface area contributed by atoms with Crippen molar-refractivity contribution < 1.29 is 28.6 Å². The molecule has 438 valence electrons. The molecule has 0 aliphatic carbocycles. The van der Waals surface area contributed by atoms with Crippen molar-refractivity contribution in [2.24, 2.45) is 0 Å². The maximum atomic E-state index is 12.9. The van der Waals surface area contributed by atoms with Crippen molar-refractivity contribution in [2.75, 3.05) is 13.2 Å². The molecule has 1 unspecified atom stereocenters. The van der Waals surface area contributed by atoms with Gasteiger partial charge in [0.1, 0.15) is 13.2 Å². The molecule has 0 radical (unpaired) electrons. The van der Waals surface area contributed by atoms with Crippen LogP contribution in [0.1, 0.15) is 290 Å². The van der Waals surface area contributed by atoms with Crippen LogP contribution in [0.2, 0.25) is 0 Å². The van der Waals surface area contributed by atoms with E-state index in [1.807, 2.05) is 0 Å². The summed E-state index contributed by atoms with van der Waals surface area (Å²) in [5.41, 5.74) is 0. The minimum Gasteiger partial charge on any atom is -0.462 e. The molecule has 0 heterocycles. The second-order valence-electron chi connectivity index (χ2n) is 20.9. The second-order valence-corrected chi connectivity index (χ2v) is 20.9. The number of unbranched alkanes of at least 4 members (excludes halogenated alkanes) is 26. The maximum Gasteiger partial charge on any atom is 0.306 e. The Labute approximate surface area is 475 Å². The minimum atomic E-state index is -0.788. The van der Waals surface area contributed by atoms with E-state index in [4.69, 9.17) is 14.2 Å². The molecule has 0 saturated carbocycles. The van der Waals surface area contributed by atoms with Gasteiger partial charge in [0.2, 0.25) is 0 Å². The van der Waals surface area contributed by atoms with Gasteiger partial charge in [0.25, 0.3) is 0 Å². The van der Waals surface area contributed by atoms with Gasteiger partial charge < -0.3 is 14.2 Å². The maximum absolute atomic E-state index is 12.9. The Bertz CT molecular complexity index is 1600. The van der Waals surface area contributed by atoms with E-state index in [9.17, 15) is 14.4 Å². The Morgan fingerprint density at radius 1 is 0.273 bits per heavy atom. The van der Waals surface area contributed by atoms with Gasteiger partial charge in [0, 0.05) is 19.3 Å². The fraction of sp³-hybridized carbons (Fsp3) is 0.676. The molecule has 0 aromatic rings. The molecule has 0 saturated heterocycles. The van der Waals surface area contributed by atoms with E-state index in [0.29, 0.717) is 19.3 Å². The van der Waals surface area contributed by atoms with Gasteiger partial charge in [-0.05, 0) is 109 Å². The molecule has 77 heavy (non-hydrogen) atoms. The lowest BCUT2D eigenvalue weighted by Gasteiger charge is -2.18. The highest BCUT2D eigenvalue weighted by molar-refractivity contribution is 5.71. The normalized spacial score (nSPS) is 12.9. The monoisotopic (exact) mass is 1070 g/mol. The van der Waals surface area contributed by atoms with Gasteiger partial charge in [0.05, 0.1) is 0 Å². The van der Waals surface area contributed by atoms with Crippen LogP contribution in [-0.2, 0) is 28.6 Å². The Morgan fingerprint density at radius 2 is 0.506 bits per heavy atom. The molecule has 0 bridgehead atoms. The first kappa shape index (κ1) is 72.8. The van der Waals surface area contributed by atoms with Crippen LogP contribution < -0.4 is 0 Å². The fourth-order valence-electron chi connectivity index (χ4n) is 8.73. The van der Waals surface area contributed by atoms with E-state index in [2.05, 4.69) is 142 Å². The van der Waals surface area contributed by atoms with Crippen molar-refractivity contribution in [3.8, 4) is 0 Å². The van der Waals surface area contributed by atoms with Gasteiger partial charge in [-0.2, -0.15) is 0 Å². The SMILES string of the molecule is CC/C=C\C/C=C\C/C=C\C/C=C\C/C=C\C/C=C\CCCCCCCCCCC(=O)OCC(COC(=O)CCCCCCCCCCCCC)OC(=O)CCCCCCCCCC/C=C\C/C=C\C/C=C\C/C=C\CC. The number of carbonyl (C=O) groups is 3. The number of carbonyl (C=O) groups excluding carboxylic acids is 3. The van der Waals surface area contributed by atoms with Crippen LogP contribution in [0.3, 0.4) is 0 Å². The van der Waals surface area contributed by atoms with Gasteiger partial charge in [-0.25, -0.2) is 0 Å². The van der Waals surface area contributed by atoms with E-state index in [0.717, 1.165) is 135 Å². The lowest BCUT2D eigenvalue weighted by Crippen LogP contribution is -2.30. The lowest BCUT2D eigenvalue weighted by molar-refractivity contribution is -0.167. The van der Waals surface area contributed by atoms with Crippen LogP contribution in [0.25, 0.3) is 0 Å². The average molecular weight is 1070 g/mol. The van der Waals surface area contributed by atoms with Gasteiger partial charge in [-0.15, -0.1) is 0 Å². The summed E-state index contributed by atoms with van der Waals surface area (Å²) in [4.78, 5) is 38.3. The summed E-state index contributed by atoms with van der Waals surface area (Å²) in [5.74, 6) is -0.896. The molecule has 1 atom stereocenters. The van der Waals surface area contributed by atoms with Crippen LogP contribution >= 0.6 is 0 Å². The van der Waals surface area contributed by atoms with Crippen LogP contribution in [0, 0.1) is 0 Å². The Morgan fingerprint density at radius 3 is 0.792 bits per heavy atom. The molecule has 0 spiro atoms. The molecule has 0 aromatic heterocycles. The molecule has 0 aliphatic rings. The van der Waals surface area contributed by atoms with E-state index < -0.39 is 6.10 Å². The third kappa shape index (κ3) is 62.5. The third-order valence-corrected chi connectivity index (χ3v) is 13.5. The topological polar surface area (TPSA) is 78.9 Å². The highest BCUT2D eigenvalue weighted by Gasteiger charge is 2.19. The van der Waals surface area contributed by atoms with E-state index in [1.165, 1.54) is 116 Å². The first-order valence-electron chi connectivity index (χ1n) is 32.0. The van der Waals surface area contributed by atoms with Crippen molar-refractivity contribution >= 4 is 17.9 Å². The highest BCUT2D eigenvalue weighted by atomic mass is 16.6. The zero-order valence-corrected chi connectivity index (χ0v) is 50.2. The number of esters is 3. The summed E-state index contributed by atoms with van der Waals surface area (Å²) in [7, 11) is 0. The summed E-state index contributed by atoms with van der Waals surface area (Å²) in [5, 5.41) is 0. The fourth-order valence-corrected chi connectivity index (χ4v) is 8.73. The molecule has 6 heteroatoms. The summed E-state index contributed by atoms with van der Waals surface area (Å²) >= 11 is 0. The molecule has 0 aliphatic heterocycles. The Kier molecular flexibility index (Phi) is 60.8. The lowest BCUT2D eigenvalue weighted by atomic mass is 10.1. The smallest absolute Gasteiger partial charge is 0.306 e. The molecule has 0 N–H and O–H groups in total. The number of hydrogen-bond donors (Lipinski definition) is 0. The van der Waals surface area contributed by atoms with Crippen molar-refractivity contribution in [1.82, 2.24) is 0 Å². The zero-order valence-electron chi connectivity index (χ0n) is 50.2. The molecule has 0 amide bonds. The molecular formula is C71H118O6. The molecule has 0 aromatic carbocycles. The number of ether oxygens (including phenoxy) is 3. The van der Waals surface area contributed by atoms with Gasteiger partial charge in [-0.3, -0.25) is 14.4 Å². The average Bonchev–Trinajstić information content (AvgIpc) is 3.43. The van der Waals surface area contributed by atoms with Crippen molar-refractivity contribution in [3.63, 3.8) is 0 Å². The zero-order chi connectivity index (χ0) is 55.7. The van der Waals surface area contributed by atoms with E-state index in [-0.39, 0.29) is 31.1 Å². The second kappa shape index (κ2) is 64.3. The van der Waals surface area contributed by atoms with Crippen molar-refractivity contribution in [3.05, 3.63) is 122 Å². The summed E-state index contributed by atoms with van der Waals surface area (Å²) in [6.07, 6.45) is 89.1. The standard InChI is InChI=1S/C71H118O6/c1-4-7-10-13-16-19-22-24-26-28-30-32-33-34-35-36-37-39-40-42-44-46-49-52-55-58-61-64-70(73)76-67-68(66-75-69(72)63-60-57-54-51-48-21-18-15-12-9-6-3)77-71(74)65-62-59-56-53-50-47-45-43-41-38-31-29-27-25-23-20-17-14-11-8-5-2/h7-8,10-11,16-17,19-20,24-27,30-32,34-35,37-39,68H,4-6,9,12-15,18,21-23,28-29,33,36,40-67H2,1-3H3/b10-7-,11-8-,19-16-,20-17-,26-24-,27-25-,32-30-,35-34-,38-31-,39-37-. The Hall–Kier alpha value is -4.19. The summed E-state index contributed by atoms with van der Waals surface area (Å²) in [6.45, 7) is 6.41. The quantitative estimate of drug-likeness (QED) is 0.0261. The first-order valence-corrected chi connectivity index (χ1v) is 32.0. The van der Waals surface area contributed by atoms with Crippen molar-refractivity contribution in [1.29, 1.82) is 0 Å². The molecule has 6 nitrogen and oxygen atoms in total. The molecule has 0 rings (SSSR count). The van der Waals surface area contributed by atoms with Gasteiger partial charge in [-0.1, -0.05) is 284 Å². The van der Waals surface area contributed by atoms with Crippen LogP contribution in [0.4, 0.5) is 0 Å². The number of allylic oxidation sites excluding steroid dienone is 20. The first-order chi connectivity index (χ1) is 38.0. The minimum absolute atomic E-state index is 0.0838. The van der Waals surface area contributed by atoms with Crippen LogP contribution in [0.5, 0.6) is 0 Å². The number of rotatable bonds is 57.